The maximum atomic E-state index is 12.6. The van der Waals surface area contributed by atoms with Gasteiger partial charge in [0.1, 0.15) is 5.82 Å². The Hall–Kier alpha value is -0.270. The summed E-state index contributed by atoms with van der Waals surface area (Å²) in [6.45, 7) is 0. The number of rotatable bonds is 2. The molecule has 0 nitrogen and oxygen atoms in total. The highest BCUT2D eigenvalue weighted by Crippen LogP contribution is 2.16. The zero-order valence-corrected chi connectivity index (χ0v) is 7.29. The summed E-state index contributed by atoms with van der Waals surface area (Å²) < 4.78 is 12.6. The normalized spacial score (nSPS) is 10.1. The molecule has 0 saturated heterocycles. The smallest absolute Gasteiger partial charge is 0.141 e. The van der Waals surface area contributed by atoms with Crippen LogP contribution in [0.1, 0.15) is 5.56 Å². The zero-order chi connectivity index (χ0) is 8.27. The SMILES string of the molecule is Fc1ccc(CCCl)cc1Cl. The molecule has 0 aromatic heterocycles. The minimum Gasteiger partial charge on any atom is -0.205 e. The average molecular weight is 193 g/mol. The minimum atomic E-state index is -0.384. The quantitative estimate of drug-likeness (QED) is 0.632. The number of halogens is 3. The van der Waals surface area contributed by atoms with Crippen molar-refractivity contribution in [3.63, 3.8) is 0 Å². The summed E-state index contributed by atoms with van der Waals surface area (Å²) in [6, 6.07) is 4.63. The van der Waals surface area contributed by atoms with Gasteiger partial charge >= 0.3 is 0 Å². The van der Waals surface area contributed by atoms with E-state index in [0.717, 1.165) is 12.0 Å². The Morgan fingerprint density at radius 1 is 1.36 bits per heavy atom. The molecule has 0 aliphatic rings. The molecule has 0 radical (unpaired) electrons. The van der Waals surface area contributed by atoms with Gasteiger partial charge in [-0.15, -0.1) is 11.6 Å². The van der Waals surface area contributed by atoms with E-state index in [0.29, 0.717) is 5.88 Å². The third-order valence-corrected chi connectivity index (χ3v) is 1.85. The van der Waals surface area contributed by atoms with Gasteiger partial charge in [0, 0.05) is 5.88 Å². The van der Waals surface area contributed by atoms with Crippen molar-refractivity contribution in [2.75, 3.05) is 5.88 Å². The summed E-state index contributed by atoms with van der Waals surface area (Å²) in [5, 5.41) is 0.160. The number of alkyl halides is 1. The summed E-state index contributed by atoms with van der Waals surface area (Å²) in [5.74, 6) is 0.145. The van der Waals surface area contributed by atoms with Crippen molar-refractivity contribution < 1.29 is 4.39 Å². The lowest BCUT2D eigenvalue weighted by atomic mass is 10.2. The van der Waals surface area contributed by atoms with E-state index in [1.165, 1.54) is 6.07 Å². The van der Waals surface area contributed by atoms with Gasteiger partial charge in [0.25, 0.3) is 0 Å². The van der Waals surface area contributed by atoms with Gasteiger partial charge in [-0.25, -0.2) is 4.39 Å². The molecule has 0 atom stereocenters. The van der Waals surface area contributed by atoms with Crippen LogP contribution < -0.4 is 0 Å². The lowest BCUT2D eigenvalue weighted by molar-refractivity contribution is 0.627. The molecule has 0 unspecified atom stereocenters. The van der Waals surface area contributed by atoms with Crippen LogP contribution in [0.2, 0.25) is 5.02 Å². The van der Waals surface area contributed by atoms with E-state index < -0.39 is 0 Å². The molecule has 0 saturated carbocycles. The first-order valence-electron chi connectivity index (χ1n) is 3.24. The van der Waals surface area contributed by atoms with Gasteiger partial charge in [-0.2, -0.15) is 0 Å². The first-order chi connectivity index (χ1) is 5.24. The van der Waals surface area contributed by atoms with Gasteiger partial charge in [-0.1, -0.05) is 17.7 Å². The van der Waals surface area contributed by atoms with Crippen molar-refractivity contribution in [2.45, 2.75) is 6.42 Å². The highest BCUT2D eigenvalue weighted by atomic mass is 35.5. The van der Waals surface area contributed by atoms with E-state index in [1.807, 2.05) is 0 Å². The molecule has 0 spiro atoms. The summed E-state index contributed by atoms with van der Waals surface area (Å²) in [5.41, 5.74) is 0.964. The van der Waals surface area contributed by atoms with E-state index >= 15 is 0 Å². The second-order valence-corrected chi connectivity index (χ2v) is 2.97. The molecular weight excluding hydrogens is 186 g/mol. The maximum absolute atomic E-state index is 12.6. The lowest BCUT2D eigenvalue weighted by Crippen LogP contribution is -1.86. The fourth-order valence-corrected chi connectivity index (χ4v) is 1.23. The zero-order valence-electron chi connectivity index (χ0n) is 5.78. The Kier molecular flexibility index (Phi) is 3.16. The van der Waals surface area contributed by atoms with E-state index in [2.05, 4.69) is 0 Å². The van der Waals surface area contributed by atoms with Crippen LogP contribution in [-0.2, 0) is 6.42 Å². The van der Waals surface area contributed by atoms with Gasteiger partial charge in [0.05, 0.1) is 5.02 Å². The molecule has 0 fully saturated rings. The fraction of sp³-hybridized carbons (Fsp3) is 0.250. The van der Waals surface area contributed by atoms with Gasteiger partial charge in [-0.3, -0.25) is 0 Å². The van der Waals surface area contributed by atoms with Crippen LogP contribution >= 0.6 is 23.2 Å². The van der Waals surface area contributed by atoms with Crippen molar-refractivity contribution in [3.05, 3.63) is 34.6 Å². The summed E-state index contributed by atoms with van der Waals surface area (Å²) in [6.07, 6.45) is 0.724. The average Bonchev–Trinajstić information content (AvgIpc) is 1.98. The third kappa shape index (κ3) is 2.35. The van der Waals surface area contributed by atoms with Crippen molar-refractivity contribution in [3.8, 4) is 0 Å². The Morgan fingerprint density at radius 2 is 2.09 bits per heavy atom. The van der Waals surface area contributed by atoms with Gasteiger partial charge in [0.2, 0.25) is 0 Å². The molecule has 0 amide bonds. The van der Waals surface area contributed by atoms with E-state index in [-0.39, 0.29) is 10.8 Å². The van der Waals surface area contributed by atoms with Crippen molar-refractivity contribution in [1.82, 2.24) is 0 Å². The largest absolute Gasteiger partial charge is 0.205 e. The van der Waals surface area contributed by atoms with Crippen LogP contribution in [0.4, 0.5) is 4.39 Å². The molecular formula is C8H7Cl2F. The molecule has 3 heteroatoms. The first-order valence-corrected chi connectivity index (χ1v) is 4.15. The summed E-state index contributed by atoms with van der Waals surface area (Å²) in [4.78, 5) is 0. The van der Waals surface area contributed by atoms with Crippen molar-refractivity contribution in [2.24, 2.45) is 0 Å². The summed E-state index contributed by atoms with van der Waals surface area (Å²) >= 11 is 11.0. The molecule has 0 aliphatic carbocycles. The molecule has 0 aliphatic heterocycles. The Bertz CT molecular complexity index is 248. The third-order valence-electron chi connectivity index (χ3n) is 1.37. The second kappa shape index (κ2) is 3.93. The van der Waals surface area contributed by atoms with Crippen LogP contribution in [0.25, 0.3) is 0 Å². The molecule has 0 heterocycles. The standard InChI is InChI=1S/C8H7Cl2F/c9-4-3-6-1-2-8(11)7(10)5-6/h1-2,5H,3-4H2. The molecule has 11 heavy (non-hydrogen) atoms. The molecule has 1 aromatic rings. The predicted molar refractivity (Wildman–Crippen MR) is 45.8 cm³/mol. The van der Waals surface area contributed by atoms with Crippen LogP contribution in [0.3, 0.4) is 0 Å². The van der Waals surface area contributed by atoms with Crippen molar-refractivity contribution >= 4 is 23.2 Å². The molecule has 60 valence electrons. The molecule has 1 aromatic carbocycles. The number of hydrogen-bond donors (Lipinski definition) is 0. The molecule has 0 N–H and O–H groups in total. The van der Waals surface area contributed by atoms with Crippen LogP contribution in [0, 0.1) is 5.82 Å². The lowest BCUT2D eigenvalue weighted by Gasteiger charge is -1.98. The fourth-order valence-electron chi connectivity index (χ4n) is 0.804. The highest BCUT2D eigenvalue weighted by Gasteiger charge is 1.99. The summed E-state index contributed by atoms with van der Waals surface area (Å²) in [7, 11) is 0. The minimum absolute atomic E-state index is 0.160. The van der Waals surface area contributed by atoms with E-state index in [1.54, 1.807) is 12.1 Å². The predicted octanol–water partition coefficient (Wildman–Crippen LogP) is 3.26. The number of benzene rings is 1. The van der Waals surface area contributed by atoms with Gasteiger partial charge < -0.3 is 0 Å². The van der Waals surface area contributed by atoms with Gasteiger partial charge in [0.15, 0.2) is 0 Å². The second-order valence-electron chi connectivity index (χ2n) is 2.19. The van der Waals surface area contributed by atoms with Gasteiger partial charge in [-0.05, 0) is 24.1 Å². The van der Waals surface area contributed by atoms with E-state index in [4.69, 9.17) is 23.2 Å². The Balaban J connectivity index is 2.86. The van der Waals surface area contributed by atoms with Crippen LogP contribution in [0.5, 0.6) is 0 Å². The van der Waals surface area contributed by atoms with Crippen LogP contribution in [-0.4, -0.2) is 5.88 Å². The monoisotopic (exact) mass is 192 g/mol. The van der Waals surface area contributed by atoms with E-state index in [9.17, 15) is 4.39 Å². The van der Waals surface area contributed by atoms with Crippen molar-refractivity contribution in [1.29, 1.82) is 0 Å². The molecule has 0 bridgehead atoms. The topological polar surface area (TPSA) is 0 Å². The highest BCUT2D eigenvalue weighted by molar-refractivity contribution is 6.30. The molecule has 1 rings (SSSR count). The Morgan fingerprint density at radius 3 is 2.64 bits per heavy atom. The number of hydrogen-bond acceptors (Lipinski definition) is 0. The van der Waals surface area contributed by atoms with Crippen LogP contribution in [0.15, 0.2) is 18.2 Å². The Labute approximate surface area is 74.9 Å². The maximum Gasteiger partial charge on any atom is 0.141 e. The number of aryl methyl sites for hydroxylation is 1. The first kappa shape index (κ1) is 8.82.